The molecule has 3 heterocycles. The van der Waals surface area contributed by atoms with Crippen LogP contribution in [0.2, 0.25) is 0 Å². The number of benzene rings is 7. The van der Waals surface area contributed by atoms with Gasteiger partial charge in [0.15, 0.2) is 17.1 Å². The van der Waals surface area contributed by atoms with Gasteiger partial charge in [-0.25, -0.2) is 19.5 Å². The number of fused-ring (bicyclic) bond motifs is 8. The Kier molecular flexibility index (Phi) is 5.77. The molecule has 10 aromatic rings. The highest BCUT2D eigenvalue weighted by Crippen LogP contribution is 2.37. The summed E-state index contributed by atoms with van der Waals surface area (Å²) in [6.45, 7) is 0. The fraction of sp³-hybridized carbons (Fsp3) is 0. The zero-order valence-electron chi connectivity index (χ0n) is 25.6. The molecule has 0 amide bonds. The average Bonchev–Trinajstić information content (AvgIpc) is 3.81. The van der Waals surface area contributed by atoms with E-state index >= 15 is 0 Å². The van der Waals surface area contributed by atoms with Crippen LogP contribution in [0, 0.1) is 0 Å². The van der Waals surface area contributed by atoms with Gasteiger partial charge in [-0.2, -0.15) is 0 Å². The first-order valence-corrected chi connectivity index (χ1v) is 15.9. The average molecular weight is 616 g/mol. The summed E-state index contributed by atoms with van der Waals surface area (Å²) in [6.07, 6.45) is 0. The Morgan fingerprint density at radius 3 is 2.04 bits per heavy atom. The second kappa shape index (κ2) is 10.4. The van der Waals surface area contributed by atoms with Crippen molar-refractivity contribution in [3.05, 3.63) is 152 Å². The van der Waals surface area contributed by atoms with Crippen LogP contribution in [0.1, 0.15) is 0 Å². The highest BCUT2D eigenvalue weighted by Gasteiger charge is 2.17. The number of para-hydroxylation sites is 2. The third-order valence-corrected chi connectivity index (χ3v) is 9.04. The predicted molar refractivity (Wildman–Crippen MR) is 193 cm³/mol. The van der Waals surface area contributed by atoms with Gasteiger partial charge in [0.1, 0.15) is 11.2 Å². The van der Waals surface area contributed by atoms with Gasteiger partial charge in [-0.1, -0.05) is 109 Å². The van der Waals surface area contributed by atoms with Crippen molar-refractivity contribution in [3.8, 4) is 45.2 Å². The van der Waals surface area contributed by atoms with E-state index in [1.165, 1.54) is 0 Å². The molecule has 0 aliphatic carbocycles. The smallest absolute Gasteiger partial charge is 0.227 e. The Balaban J connectivity index is 1.13. The van der Waals surface area contributed by atoms with E-state index in [0.717, 1.165) is 82.8 Å². The van der Waals surface area contributed by atoms with Crippen molar-refractivity contribution in [2.75, 3.05) is 0 Å². The zero-order chi connectivity index (χ0) is 31.6. The Bertz CT molecular complexity index is 2840. The molecule has 6 nitrogen and oxygen atoms in total. The molecule has 0 radical (unpaired) electrons. The Hall–Kier alpha value is -6.66. The maximum absolute atomic E-state index is 6.46. The van der Waals surface area contributed by atoms with E-state index in [1.54, 1.807) is 0 Å². The Labute approximate surface area is 274 Å². The van der Waals surface area contributed by atoms with Crippen molar-refractivity contribution >= 4 is 49.3 Å². The largest absolute Gasteiger partial charge is 0.435 e. The second-order valence-corrected chi connectivity index (χ2v) is 12.0. The van der Waals surface area contributed by atoms with E-state index in [2.05, 4.69) is 72.8 Å². The Morgan fingerprint density at radius 1 is 0.479 bits per heavy atom. The van der Waals surface area contributed by atoms with Crippen molar-refractivity contribution in [2.45, 2.75) is 0 Å². The third kappa shape index (κ3) is 4.20. The summed E-state index contributed by atoms with van der Waals surface area (Å²) in [6, 6.07) is 51.8. The van der Waals surface area contributed by atoms with Crippen molar-refractivity contribution in [1.29, 1.82) is 0 Å². The molecule has 0 fully saturated rings. The van der Waals surface area contributed by atoms with Crippen LogP contribution in [0.25, 0.3) is 94.6 Å². The molecule has 0 aliphatic heterocycles. The highest BCUT2D eigenvalue weighted by atomic mass is 16.3. The third-order valence-electron chi connectivity index (χ3n) is 9.04. The first-order chi connectivity index (χ1) is 23.8. The van der Waals surface area contributed by atoms with E-state index in [1.807, 2.05) is 83.4 Å². The lowest BCUT2D eigenvalue weighted by Crippen LogP contribution is -1.97. The molecule has 0 saturated carbocycles. The quantitative estimate of drug-likeness (QED) is 0.184. The van der Waals surface area contributed by atoms with Gasteiger partial charge in [-0.3, -0.25) is 0 Å². The van der Waals surface area contributed by atoms with Gasteiger partial charge >= 0.3 is 0 Å². The summed E-state index contributed by atoms with van der Waals surface area (Å²) in [5, 5.41) is 9.46. The standard InChI is InChI=1S/C42H25N5O/c1-3-10-28(11-4-1)38-41-45-40(46-47(41)36-17-8-7-16-34(36)43-38)32-15-9-14-30(24-32)31-21-19-26-18-20-27-22-23-35-39(37(27)33(26)25-31)48-42(44-35)29-12-5-2-6-13-29/h1-25H. The van der Waals surface area contributed by atoms with Crippen LogP contribution in [-0.2, 0) is 0 Å². The lowest BCUT2D eigenvalue weighted by molar-refractivity contribution is 0.623. The molecule has 0 saturated heterocycles. The minimum atomic E-state index is 0.623. The van der Waals surface area contributed by atoms with E-state index < -0.39 is 0 Å². The lowest BCUT2D eigenvalue weighted by atomic mass is 9.96. The topological polar surface area (TPSA) is 69.1 Å². The molecule has 6 heteroatoms. The summed E-state index contributed by atoms with van der Waals surface area (Å²) in [5.41, 5.74) is 10.0. The minimum Gasteiger partial charge on any atom is -0.435 e. The minimum absolute atomic E-state index is 0.623. The summed E-state index contributed by atoms with van der Waals surface area (Å²) >= 11 is 0. The number of rotatable bonds is 4. The van der Waals surface area contributed by atoms with Crippen LogP contribution in [0.15, 0.2) is 156 Å². The summed E-state index contributed by atoms with van der Waals surface area (Å²) < 4.78 is 8.38. The summed E-state index contributed by atoms with van der Waals surface area (Å²) in [5.74, 6) is 1.27. The fourth-order valence-corrected chi connectivity index (χ4v) is 6.70. The predicted octanol–water partition coefficient (Wildman–Crippen LogP) is 10.4. The van der Waals surface area contributed by atoms with Crippen LogP contribution in [0.4, 0.5) is 0 Å². The van der Waals surface area contributed by atoms with Crippen LogP contribution >= 0.6 is 0 Å². The summed E-state index contributed by atoms with van der Waals surface area (Å²) in [4.78, 5) is 14.9. The fourth-order valence-electron chi connectivity index (χ4n) is 6.70. The summed E-state index contributed by atoms with van der Waals surface area (Å²) in [7, 11) is 0. The molecule has 0 bridgehead atoms. The zero-order valence-corrected chi connectivity index (χ0v) is 25.6. The van der Waals surface area contributed by atoms with Gasteiger partial charge in [0.2, 0.25) is 5.89 Å². The first kappa shape index (κ1) is 26.5. The van der Waals surface area contributed by atoms with Crippen LogP contribution in [0.3, 0.4) is 0 Å². The van der Waals surface area contributed by atoms with Gasteiger partial charge < -0.3 is 4.42 Å². The lowest BCUT2D eigenvalue weighted by Gasteiger charge is -2.08. The van der Waals surface area contributed by atoms with E-state index in [0.29, 0.717) is 11.7 Å². The first-order valence-electron chi connectivity index (χ1n) is 15.9. The van der Waals surface area contributed by atoms with E-state index in [9.17, 15) is 0 Å². The molecular formula is C42H25N5O. The Morgan fingerprint density at radius 2 is 1.17 bits per heavy atom. The normalized spacial score (nSPS) is 11.8. The van der Waals surface area contributed by atoms with Gasteiger partial charge in [0, 0.05) is 22.1 Å². The number of oxazole rings is 1. The maximum Gasteiger partial charge on any atom is 0.227 e. The van der Waals surface area contributed by atoms with Gasteiger partial charge in [-0.05, 0) is 69.8 Å². The number of nitrogens with zero attached hydrogens (tertiary/aromatic N) is 5. The van der Waals surface area contributed by atoms with Crippen LogP contribution < -0.4 is 0 Å². The molecule has 0 N–H and O–H groups in total. The molecular weight excluding hydrogens is 590 g/mol. The molecule has 3 aromatic heterocycles. The molecule has 48 heavy (non-hydrogen) atoms. The van der Waals surface area contributed by atoms with Crippen molar-refractivity contribution in [3.63, 3.8) is 0 Å². The number of hydrogen-bond acceptors (Lipinski definition) is 5. The molecule has 0 spiro atoms. The maximum atomic E-state index is 6.46. The number of aromatic nitrogens is 5. The van der Waals surface area contributed by atoms with E-state index in [-0.39, 0.29) is 0 Å². The van der Waals surface area contributed by atoms with Crippen molar-refractivity contribution in [1.82, 2.24) is 24.6 Å². The molecule has 10 rings (SSSR count). The van der Waals surface area contributed by atoms with Crippen molar-refractivity contribution < 1.29 is 4.42 Å². The van der Waals surface area contributed by atoms with Crippen molar-refractivity contribution in [2.24, 2.45) is 0 Å². The van der Waals surface area contributed by atoms with Gasteiger partial charge in [-0.15, -0.1) is 5.10 Å². The number of hydrogen-bond donors (Lipinski definition) is 0. The molecule has 0 unspecified atom stereocenters. The molecule has 0 aliphatic rings. The van der Waals surface area contributed by atoms with Gasteiger partial charge in [0.05, 0.1) is 11.0 Å². The van der Waals surface area contributed by atoms with E-state index in [4.69, 9.17) is 24.5 Å². The SMILES string of the molecule is c1ccc(-c2nc3ccc4ccc5ccc(-c6cccc(-c7nc8c(-c9ccccc9)nc9ccccc9n8n7)c6)cc5c4c3o2)cc1. The second-order valence-electron chi connectivity index (χ2n) is 12.0. The van der Waals surface area contributed by atoms with Crippen LogP contribution in [0.5, 0.6) is 0 Å². The molecule has 0 atom stereocenters. The van der Waals surface area contributed by atoms with Gasteiger partial charge in [0.25, 0.3) is 0 Å². The monoisotopic (exact) mass is 615 g/mol. The molecule has 224 valence electrons. The molecule has 7 aromatic carbocycles. The van der Waals surface area contributed by atoms with Crippen LogP contribution in [-0.4, -0.2) is 24.6 Å². The highest BCUT2D eigenvalue weighted by molar-refractivity contribution is 6.18.